The molecule has 2 aromatic rings. The van der Waals surface area contributed by atoms with Gasteiger partial charge < -0.3 is 9.64 Å². The summed E-state index contributed by atoms with van der Waals surface area (Å²) in [5, 5.41) is 0. The molecule has 1 amide bonds. The number of carbonyl (C=O) groups is 2. The van der Waals surface area contributed by atoms with Crippen molar-refractivity contribution < 1.29 is 27.5 Å². The van der Waals surface area contributed by atoms with E-state index in [9.17, 15) is 22.8 Å². The van der Waals surface area contributed by atoms with Crippen LogP contribution in [0.3, 0.4) is 0 Å². The number of rotatable bonds is 6. The van der Waals surface area contributed by atoms with Crippen molar-refractivity contribution >= 4 is 17.6 Å². The van der Waals surface area contributed by atoms with Gasteiger partial charge in [0.05, 0.1) is 18.6 Å². The molecule has 0 aliphatic heterocycles. The Hall–Kier alpha value is -2.83. The number of ether oxygens (including phenoxy) is 1. The van der Waals surface area contributed by atoms with Crippen molar-refractivity contribution in [3.63, 3.8) is 0 Å². The van der Waals surface area contributed by atoms with Crippen LogP contribution >= 0.6 is 0 Å². The molecule has 2 rings (SSSR count). The largest absolute Gasteiger partial charge is 0.465 e. The summed E-state index contributed by atoms with van der Waals surface area (Å²) in [4.78, 5) is 25.9. The number of halogens is 3. The lowest BCUT2D eigenvalue weighted by Gasteiger charge is -2.22. The van der Waals surface area contributed by atoms with Gasteiger partial charge in [0.25, 0.3) is 0 Å². The lowest BCUT2D eigenvalue weighted by atomic mass is 10.1. The van der Waals surface area contributed by atoms with E-state index < -0.39 is 23.6 Å². The molecule has 0 atom stereocenters. The van der Waals surface area contributed by atoms with E-state index in [1.54, 1.807) is 25.1 Å². The van der Waals surface area contributed by atoms with E-state index in [4.69, 9.17) is 4.74 Å². The quantitative estimate of drug-likeness (QED) is 0.709. The van der Waals surface area contributed by atoms with Crippen molar-refractivity contribution in [2.24, 2.45) is 0 Å². The van der Waals surface area contributed by atoms with Crippen molar-refractivity contribution in [1.29, 1.82) is 0 Å². The molecule has 0 radical (unpaired) electrons. The van der Waals surface area contributed by atoms with Crippen molar-refractivity contribution in [1.82, 2.24) is 0 Å². The average molecular weight is 379 g/mol. The number of amides is 1. The van der Waals surface area contributed by atoms with Crippen LogP contribution < -0.4 is 4.90 Å². The smallest absolute Gasteiger partial charge is 0.416 e. The van der Waals surface area contributed by atoms with Crippen molar-refractivity contribution in [2.45, 2.75) is 26.4 Å². The van der Waals surface area contributed by atoms with Gasteiger partial charge in [-0.3, -0.25) is 9.59 Å². The Morgan fingerprint density at radius 1 is 1.07 bits per heavy atom. The zero-order valence-electron chi connectivity index (χ0n) is 15.0. The third-order valence-corrected chi connectivity index (χ3v) is 3.82. The van der Waals surface area contributed by atoms with Crippen LogP contribution in [0.5, 0.6) is 0 Å². The molecule has 27 heavy (non-hydrogen) atoms. The second-order valence-electron chi connectivity index (χ2n) is 6.00. The molecule has 0 aliphatic rings. The maximum absolute atomic E-state index is 12.9. The van der Waals surface area contributed by atoms with E-state index in [2.05, 4.69) is 0 Å². The normalized spacial score (nSPS) is 11.1. The van der Waals surface area contributed by atoms with Crippen molar-refractivity contribution in [3.8, 4) is 0 Å². The summed E-state index contributed by atoms with van der Waals surface area (Å²) in [6, 6.07) is 11.6. The first kappa shape index (κ1) is 20.5. The molecule has 0 fully saturated rings. The summed E-state index contributed by atoms with van der Waals surface area (Å²) in [6.07, 6.45) is -4.75. The number of hydrogen-bond donors (Lipinski definition) is 0. The van der Waals surface area contributed by atoms with E-state index in [1.807, 2.05) is 13.0 Å². The van der Waals surface area contributed by atoms with Crippen molar-refractivity contribution in [2.75, 3.05) is 18.1 Å². The standard InChI is InChI=1S/C20H20F3NO3/c1-3-27-19(26)13-24(17-9-4-6-14(2)10-17)18(25)12-15-7-5-8-16(11-15)20(21,22)23/h4-11H,3,12-13H2,1-2H3. The summed E-state index contributed by atoms with van der Waals surface area (Å²) in [6.45, 7) is 3.35. The molecule has 4 nitrogen and oxygen atoms in total. The molecule has 0 N–H and O–H groups in total. The number of esters is 1. The molecule has 0 bridgehead atoms. The van der Waals surface area contributed by atoms with E-state index in [0.29, 0.717) is 5.69 Å². The molecule has 0 aromatic heterocycles. The fourth-order valence-corrected chi connectivity index (χ4v) is 2.58. The van der Waals surface area contributed by atoms with Gasteiger partial charge >= 0.3 is 12.1 Å². The Kier molecular flexibility index (Phi) is 6.60. The number of carbonyl (C=O) groups excluding carboxylic acids is 2. The van der Waals surface area contributed by atoms with E-state index >= 15 is 0 Å². The fraction of sp³-hybridized carbons (Fsp3) is 0.300. The fourth-order valence-electron chi connectivity index (χ4n) is 2.58. The van der Waals surface area contributed by atoms with Crippen LogP contribution in [0, 0.1) is 6.92 Å². The lowest BCUT2D eigenvalue weighted by Crippen LogP contribution is -2.37. The number of aryl methyl sites for hydroxylation is 1. The van der Waals surface area contributed by atoms with E-state index in [-0.39, 0.29) is 25.1 Å². The summed E-state index contributed by atoms with van der Waals surface area (Å²) in [7, 11) is 0. The van der Waals surface area contributed by atoms with E-state index in [0.717, 1.165) is 17.7 Å². The zero-order chi connectivity index (χ0) is 20.0. The average Bonchev–Trinajstić information content (AvgIpc) is 2.59. The number of nitrogens with zero attached hydrogens (tertiary/aromatic N) is 1. The third-order valence-electron chi connectivity index (χ3n) is 3.82. The van der Waals surface area contributed by atoms with Gasteiger partial charge in [-0.05, 0) is 43.2 Å². The van der Waals surface area contributed by atoms with Gasteiger partial charge in [0, 0.05) is 5.69 Å². The molecule has 0 aliphatic carbocycles. The molecule has 0 saturated heterocycles. The van der Waals surface area contributed by atoms with Crippen LogP contribution in [-0.4, -0.2) is 25.0 Å². The van der Waals surface area contributed by atoms with E-state index in [1.165, 1.54) is 17.0 Å². The Morgan fingerprint density at radius 2 is 1.78 bits per heavy atom. The second-order valence-corrected chi connectivity index (χ2v) is 6.00. The highest BCUT2D eigenvalue weighted by Gasteiger charge is 2.30. The van der Waals surface area contributed by atoms with Gasteiger partial charge in [-0.2, -0.15) is 13.2 Å². The first-order chi connectivity index (χ1) is 12.7. The number of alkyl halides is 3. The Balaban J connectivity index is 2.27. The number of anilines is 1. The van der Waals surface area contributed by atoms with Gasteiger partial charge in [0.2, 0.25) is 5.91 Å². The third kappa shape index (κ3) is 5.84. The maximum atomic E-state index is 12.9. The van der Waals surface area contributed by atoms with Crippen LogP contribution in [0.2, 0.25) is 0 Å². The first-order valence-electron chi connectivity index (χ1n) is 8.39. The minimum Gasteiger partial charge on any atom is -0.465 e. The highest BCUT2D eigenvalue weighted by molar-refractivity contribution is 5.98. The van der Waals surface area contributed by atoms with Gasteiger partial charge in [-0.15, -0.1) is 0 Å². The molecular weight excluding hydrogens is 359 g/mol. The number of benzene rings is 2. The highest BCUT2D eigenvalue weighted by atomic mass is 19.4. The zero-order valence-corrected chi connectivity index (χ0v) is 15.0. The van der Waals surface area contributed by atoms with Crippen molar-refractivity contribution in [3.05, 3.63) is 65.2 Å². The molecule has 7 heteroatoms. The molecular formula is C20H20F3NO3. The summed E-state index contributed by atoms with van der Waals surface area (Å²) >= 11 is 0. The predicted molar refractivity (Wildman–Crippen MR) is 95.3 cm³/mol. The lowest BCUT2D eigenvalue weighted by molar-refractivity contribution is -0.142. The summed E-state index contributed by atoms with van der Waals surface area (Å²) in [5.74, 6) is -1.08. The second kappa shape index (κ2) is 8.70. The summed E-state index contributed by atoms with van der Waals surface area (Å²) in [5.41, 5.74) is 0.768. The van der Waals surface area contributed by atoms with Gasteiger partial charge in [-0.25, -0.2) is 0 Å². The minimum absolute atomic E-state index is 0.169. The van der Waals surface area contributed by atoms with Crippen LogP contribution in [0.4, 0.5) is 18.9 Å². The van der Waals surface area contributed by atoms with Gasteiger partial charge in [-0.1, -0.05) is 30.3 Å². The maximum Gasteiger partial charge on any atom is 0.416 e. The minimum atomic E-state index is -4.49. The highest BCUT2D eigenvalue weighted by Crippen LogP contribution is 2.29. The Morgan fingerprint density at radius 3 is 2.41 bits per heavy atom. The Bertz CT molecular complexity index is 818. The van der Waals surface area contributed by atoms with Crippen LogP contribution in [0.25, 0.3) is 0 Å². The monoisotopic (exact) mass is 379 g/mol. The summed E-state index contributed by atoms with van der Waals surface area (Å²) < 4.78 is 43.5. The molecule has 144 valence electrons. The molecule has 0 spiro atoms. The molecule has 2 aromatic carbocycles. The predicted octanol–water partition coefficient (Wildman–Crippen LogP) is 4.15. The molecule has 0 unspecified atom stereocenters. The molecule has 0 heterocycles. The Labute approximate surface area is 155 Å². The first-order valence-corrected chi connectivity index (χ1v) is 8.39. The van der Waals surface area contributed by atoms with Crippen LogP contribution in [0.1, 0.15) is 23.6 Å². The number of hydrogen-bond acceptors (Lipinski definition) is 3. The van der Waals surface area contributed by atoms with Crippen LogP contribution in [-0.2, 0) is 26.9 Å². The SMILES string of the molecule is CCOC(=O)CN(C(=O)Cc1cccc(C(F)(F)F)c1)c1cccc(C)c1. The molecule has 0 saturated carbocycles. The topological polar surface area (TPSA) is 46.6 Å². The van der Waals surface area contributed by atoms with Gasteiger partial charge in [0.15, 0.2) is 0 Å². The van der Waals surface area contributed by atoms with Crippen LogP contribution in [0.15, 0.2) is 48.5 Å². The van der Waals surface area contributed by atoms with Gasteiger partial charge in [0.1, 0.15) is 6.54 Å².